The smallest absolute Gasteiger partial charge is 0.267 e. The molecule has 0 aliphatic heterocycles. The highest BCUT2D eigenvalue weighted by atomic mass is 32.2. The molecule has 1 aromatic carbocycles. The number of carbonyl (C=O) groups excluding carboxylic acids is 1. The first kappa shape index (κ1) is 16.2. The van der Waals surface area contributed by atoms with Crippen molar-refractivity contribution < 1.29 is 17.9 Å². The summed E-state index contributed by atoms with van der Waals surface area (Å²) in [6.07, 6.45) is 1.77. The molecule has 0 aliphatic carbocycles. The van der Waals surface area contributed by atoms with Crippen molar-refractivity contribution in [2.45, 2.75) is 31.6 Å². The summed E-state index contributed by atoms with van der Waals surface area (Å²) in [5.74, 6) is -0.490. The summed E-state index contributed by atoms with van der Waals surface area (Å²) in [5, 5.41) is 0. The van der Waals surface area contributed by atoms with Crippen LogP contribution in [0.2, 0.25) is 0 Å². The number of benzene rings is 1. The van der Waals surface area contributed by atoms with Gasteiger partial charge in [-0.1, -0.05) is 32.1 Å². The number of hydrogen-bond donors (Lipinski definition) is 1. The zero-order valence-electron chi connectivity index (χ0n) is 11.7. The Bertz CT molecular complexity index is 593. The number of hydrogen-bond acceptors (Lipinski definition) is 4. The zero-order chi connectivity index (χ0) is 15.2. The van der Waals surface area contributed by atoms with Gasteiger partial charge in [-0.3, -0.25) is 4.79 Å². The van der Waals surface area contributed by atoms with Crippen molar-refractivity contribution in [1.82, 2.24) is 4.72 Å². The van der Waals surface area contributed by atoms with E-state index in [0.29, 0.717) is 6.61 Å². The van der Waals surface area contributed by atoms with Gasteiger partial charge in [0.15, 0.2) is 0 Å². The lowest BCUT2D eigenvalue weighted by atomic mass is 10.3. The Labute approximate surface area is 119 Å². The summed E-state index contributed by atoms with van der Waals surface area (Å²) in [7, 11) is -3.96. The molecule has 0 saturated heterocycles. The largest absolute Gasteiger partial charge is 0.492 e. The van der Waals surface area contributed by atoms with Crippen molar-refractivity contribution in [3.05, 3.63) is 36.4 Å². The number of rotatable bonds is 7. The number of unbranched alkanes of at least 4 members (excludes halogenated alkanes) is 1. The monoisotopic (exact) mass is 297 g/mol. The average Bonchev–Trinajstić information content (AvgIpc) is 2.39. The van der Waals surface area contributed by atoms with Gasteiger partial charge in [0, 0.05) is 5.57 Å². The second kappa shape index (κ2) is 7.09. The molecule has 0 unspecified atom stereocenters. The fourth-order valence-corrected chi connectivity index (χ4v) is 2.56. The van der Waals surface area contributed by atoms with Crippen LogP contribution < -0.4 is 9.46 Å². The van der Waals surface area contributed by atoms with Gasteiger partial charge >= 0.3 is 0 Å². The molecule has 0 bridgehead atoms. The minimum atomic E-state index is -3.96. The molecule has 1 rings (SSSR count). The van der Waals surface area contributed by atoms with Crippen LogP contribution in [0.4, 0.5) is 0 Å². The standard InChI is InChI=1S/C14H19NO4S/c1-4-5-10-19-12-8-6-7-9-13(12)20(17,18)15-14(16)11(2)3/h6-9H,2,4-5,10H2,1,3H3,(H,15,16). The maximum Gasteiger partial charge on any atom is 0.267 e. The first-order chi connectivity index (χ1) is 9.38. The van der Waals surface area contributed by atoms with Gasteiger partial charge in [-0.25, -0.2) is 13.1 Å². The van der Waals surface area contributed by atoms with E-state index in [1.165, 1.54) is 13.0 Å². The topological polar surface area (TPSA) is 72.5 Å². The van der Waals surface area contributed by atoms with Gasteiger partial charge in [-0.05, 0) is 25.5 Å². The molecule has 0 saturated carbocycles. The van der Waals surface area contributed by atoms with E-state index in [0.717, 1.165) is 12.8 Å². The number of sulfonamides is 1. The van der Waals surface area contributed by atoms with E-state index < -0.39 is 15.9 Å². The molecule has 20 heavy (non-hydrogen) atoms. The molecular formula is C14H19NO4S. The lowest BCUT2D eigenvalue weighted by Crippen LogP contribution is -2.31. The third-order valence-corrected chi connectivity index (χ3v) is 3.88. The molecule has 0 radical (unpaired) electrons. The molecule has 0 spiro atoms. The van der Waals surface area contributed by atoms with Crippen LogP contribution in [-0.2, 0) is 14.8 Å². The average molecular weight is 297 g/mol. The number of ether oxygens (including phenoxy) is 1. The molecule has 0 atom stereocenters. The number of nitrogens with one attached hydrogen (secondary N) is 1. The SMILES string of the molecule is C=C(C)C(=O)NS(=O)(=O)c1ccccc1OCCCC. The second-order valence-electron chi connectivity index (χ2n) is 4.36. The molecule has 0 aromatic heterocycles. The molecule has 0 heterocycles. The summed E-state index contributed by atoms with van der Waals surface area (Å²) < 4.78 is 31.7. The third-order valence-electron chi connectivity index (χ3n) is 2.51. The van der Waals surface area contributed by atoms with Crippen molar-refractivity contribution >= 4 is 15.9 Å². The molecule has 0 aliphatic rings. The first-order valence-corrected chi connectivity index (χ1v) is 7.81. The minimum absolute atomic E-state index is 0.0503. The normalized spacial score (nSPS) is 10.9. The van der Waals surface area contributed by atoms with Crippen molar-refractivity contribution in [3.63, 3.8) is 0 Å². The quantitative estimate of drug-likeness (QED) is 0.619. The lowest BCUT2D eigenvalue weighted by molar-refractivity contribution is -0.115. The van der Waals surface area contributed by atoms with E-state index in [4.69, 9.17) is 4.74 Å². The molecule has 1 N–H and O–H groups in total. The van der Waals surface area contributed by atoms with E-state index in [-0.39, 0.29) is 16.2 Å². The highest BCUT2D eigenvalue weighted by Crippen LogP contribution is 2.23. The zero-order valence-corrected chi connectivity index (χ0v) is 12.5. The van der Waals surface area contributed by atoms with Gasteiger partial charge in [0.1, 0.15) is 10.6 Å². The Balaban J connectivity index is 2.99. The number of para-hydroxylation sites is 1. The predicted molar refractivity (Wildman–Crippen MR) is 77.0 cm³/mol. The van der Waals surface area contributed by atoms with Gasteiger partial charge in [0.05, 0.1) is 6.61 Å². The van der Waals surface area contributed by atoms with Crippen LogP contribution >= 0.6 is 0 Å². The second-order valence-corrected chi connectivity index (χ2v) is 6.01. The summed E-state index contributed by atoms with van der Waals surface area (Å²) in [5.41, 5.74) is 0.123. The van der Waals surface area contributed by atoms with Gasteiger partial charge in [0.25, 0.3) is 15.9 Å². The Morgan fingerprint density at radius 1 is 1.35 bits per heavy atom. The number of amides is 1. The van der Waals surface area contributed by atoms with E-state index >= 15 is 0 Å². The van der Waals surface area contributed by atoms with Crippen molar-refractivity contribution in [2.75, 3.05) is 6.61 Å². The van der Waals surface area contributed by atoms with E-state index in [2.05, 4.69) is 6.58 Å². The summed E-state index contributed by atoms with van der Waals surface area (Å²) in [4.78, 5) is 11.4. The Kier molecular flexibility index (Phi) is 5.76. The van der Waals surface area contributed by atoms with Gasteiger partial charge in [-0.15, -0.1) is 0 Å². The van der Waals surface area contributed by atoms with Crippen molar-refractivity contribution in [2.24, 2.45) is 0 Å². The molecule has 6 heteroatoms. The van der Waals surface area contributed by atoms with Crippen LogP contribution in [0.15, 0.2) is 41.3 Å². The van der Waals surface area contributed by atoms with Gasteiger partial charge in [0.2, 0.25) is 0 Å². The van der Waals surface area contributed by atoms with Crippen LogP contribution in [0, 0.1) is 0 Å². The molecule has 1 amide bonds. The Hall–Kier alpha value is -1.82. The van der Waals surface area contributed by atoms with Crippen molar-refractivity contribution in [3.8, 4) is 5.75 Å². The third kappa shape index (κ3) is 4.38. The van der Waals surface area contributed by atoms with Crippen LogP contribution in [0.1, 0.15) is 26.7 Å². The van der Waals surface area contributed by atoms with E-state index in [9.17, 15) is 13.2 Å². The van der Waals surface area contributed by atoms with Crippen molar-refractivity contribution in [1.29, 1.82) is 0 Å². The van der Waals surface area contributed by atoms with Gasteiger partial charge < -0.3 is 4.74 Å². The Morgan fingerprint density at radius 2 is 2.00 bits per heavy atom. The lowest BCUT2D eigenvalue weighted by Gasteiger charge is -2.12. The molecule has 5 nitrogen and oxygen atoms in total. The van der Waals surface area contributed by atoms with E-state index in [1.54, 1.807) is 18.2 Å². The maximum atomic E-state index is 12.1. The number of carbonyl (C=O) groups is 1. The first-order valence-electron chi connectivity index (χ1n) is 6.33. The van der Waals surface area contributed by atoms with Crippen LogP contribution in [0.5, 0.6) is 5.75 Å². The summed E-state index contributed by atoms with van der Waals surface area (Å²) in [6.45, 7) is 7.29. The molecule has 110 valence electrons. The molecule has 1 aromatic rings. The van der Waals surface area contributed by atoms with Crippen LogP contribution in [-0.4, -0.2) is 20.9 Å². The maximum absolute atomic E-state index is 12.1. The van der Waals surface area contributed by atoms with Gasteiger partial charge in [-0.2, -0.15) is 0 Å². The highest BCUT2D eigenvalue weighted by Gasteiger charge is 2.22. The predicted octanol–water partition coefficient (Wildman–Crippen LogP) is 2.25. The summed E-state index contributed by atoms with van der Waals surface area (Å²) in [6, 6.07) is 6.22. The van der Waals surface area contributed by atoms with E-state index in [1.807, 2.05) is 11.6 Å². The highest BCUT2D eigenvalue weighted by molar-refractivity contribution is 7.90. The minimum Gasteiger partial charge on any atom is -0.492 e. The molecular weight excluding hydrogens is 278 g/mol. The fourth-order valence-electron chi connectivity index (χ4n) is 1.38. The van der Waals surface area contributed by atoms with Crippen LogP contribution in [0.3, 0.4) is 0 Å². The fraction of sp³-hybridized carbons (Fsp3) is 0.357. The summed E-state index contributed by atoms with van der Waals surface area (Å²) >= 11 is 0. The Morgan fingerprint density at radius 3 is 2.60 bits per heavy atom. The van der Waals surface area contributed by atoms with Crippen LogP contribution in [0.25, 0.3) is 0 Å². The molecule has 0 fully saturated rings.